The fourth-order valence-corrected chi connectivity index (χ4v) is 1.78. The van der Waals surface area contributed by atoms with E-state index >= 15 is 0 Å². The summed E-state index contributed by atoms with van der Waals surface area (Å²) in [4.78, 5) is 12.5. The van der Waals surface area contributed by atoms with Crippen molar-refractivity contribution in [2.45, 2.75) is 17.1 Å². The van der Waals surface area contributed by atoms with Crippen molar-refractivity contribution in [3.8, 4) is 0 Å². The molecule has 0 aliphatic rings. The van der Waals surface area contributed by atoms with Crippen molar-refractivity contribution in [2.24, 2.45) is 0 Å². The van der Waals surface area contributed by atoms with Gasteiger partial charge in [-0.25, -0.2) is 15.0 Å². The molecule has 2 aromatic rings. The van der Waals surface area contributed by atoms with Crippen molar-refractivity contribution in [1.29, 1.82) is 0 Å². The van der Waals surface area contributed by atoms with Crippen LogP contribution in [0.3, 0.4) is 0 Å². The van der Waals surface area contributed by atoms with Gasteiger partial charge in [0.15, 0.2) is 5.82 Å². The second-order valence-electron chi connectivity index (χ2n) is 3.78. The summed E-state index contributed by atoms with van der Waals surface area (Å²) in [6, 6.07) is 9.86. The van der Waals surface area contributed by atoms with E-state index in [-0.39, 0.29) is 5.82 Å². The minimum Gasteiger partial charge on any atom is -0.218 e. The fraction of sp³-hybridized carbons (Fsp3) is 0.250. The lowest BCUT2D eigenvalue weighted by Crippen LogP contribution is -2.12. The highest BCUT2D eigenvalue weighted by Crippen LogP contribution is 2.35. The van der Waals surface area contributed by atoms with Crippen LogP contribution in [-0.4, -0.2) is 15.0 Å². The minimum absolute atomic E-state index is 0.158. The number of benzene rings is 1. The van der Waals surface area contributed by atoms with E-state index in [9.17, 15) is 0 Å². The van der Waals surface area contributed by atoms with Crippen molar-refractivity contribution in [2.75, 3.05) is 0 Å². The average Bonchev–Trinajstić information content (AvgIpc) is 2.28. The van der Waals surface area contributed by atoms with Crippen LogP contribution in [0.5, 0.6) is 0 Å². The lowest BCUT2D eigenvalue weighted by molar-refractivity contribution is 0.815. The molecule has 0 atom stereocenters. The van der Waals surface area contributed by atoms with Crippen LogP contribution < -0.4 is 0 Å². The summed E-state index contributed by atoms with van der Waals surface area (Å²) < 4.78 is -1.63. The highest BCUT2D eigenvalue weighted by atomic mass is 35.6. The molecule has 0 spiro atoms. The standard InChI is InChI=1S/C12H10Cl3N3/c1-8-16-10(7-9-5-3-2-4-6-9)18-11(17-8)12(13,14)15/h2-6H,7H2,1H3. The van der Waals surface area contributed by atoms with E-state index in [0.29, 0.717) is 18.1 Å². The van der Waals surface area contributed by atoms with Crippen LogP contribution in [0, 0.1) is 6.92 Å². The molecule has 0 aliphatic heterocycles. The van der Waals surface area contributed by atoms with E-state index in [1.807, 2.05) is 30.3 Å². The molecule has 0 aliphatic carbocycles. The van der Waals surface area contributed by atoms with E-state index in [1.54, 1.807) is 6.92 Å². The molecular weight excluding hydrogens is 293 g/mol. The van der Waals surface area contributed by atoms with Gasteiger partial charge < -0.3 is 0 Å². The number of alkyl halides is 3. The second kappa shape index (κ2) is 5.39. The molecule has 0 fully saturated rings. The van der Waals surface area contributed by atoms with Gasteiger partial charge in [0, 0.05) is 6.42 Å². The minimum atomic E-state index is -1.63. The Hall–Kier alpha value is -0.900. The first-order valence-electron chi connectivity index (χ1n) is 5.28. The molecule has 0 amide bonds. The maximum atomic E-state index is 5.78. The third-order valence-electron chi connectivity index (χ3n) is 2.25. The van der Waals surface area contributed by atoms with Gasteiger partial charge in [-0.2, -0.15) is 0 Å². The normalized spacial score (nSPS) is 11.6. The number of halogens is 3. The molecule has 0 saturated carbocycles. The highest BCUT2D eigenvalue weighted by molar-refractivity contribution is 6.66. The Morgan fingerprint density at radius 3 is 2.28 bits per heavy atom. The molecule has 3 nitrogen and oxygen atoms in total. The van der Waals surface area contributed by atoms with E-state index in [4.69, 9.17) is 34.8 Å². The van der Waals surface area contributed by atoms with Gasteiger partial charge in [-0.1, -0.05) is 65.1 Å². The SMILES string of the molecule is Cc1nc(Cc2ccccc2)nc(C(Cl)(Cl)Cl)n1. The van der Waals surface area contributed by atoms with Gasteiger partial charge in [0.1, 0.15) is 11.6 Å². The predicted molar refractivity (Wildman–Crippen MR) is 73.0 cm³/mol. The molecule has 18 heavy (non-hydrogen) atoms. The molecule has 1 aromatic carbocycles. The van der Waals surface area contributed by atoms with Gasteiger partial charge in [0.2, 0.25) is 3.79 Å². The summed E-state index contributed by atoms with van der Waals surface area (Å²) in [5.41, 5.74) is 1.10. The molecule has 0 saturated heterocycles. The van der Waals surface area contributed by atoms with Crippen molar-refractivity contribution in [1.82, 2.24) is 15.0 Å². The van der Waals surface area contributed by atoms with E-state index in [2.05, 4.69) is 15.0 Å². The quantitative estimate of drug-likeness (QED) is 0.796. The Labute approximate surface area is 120 Å². The van der Waals surface area contributed by atoms with Gasteiger partial charge in [-0.05, 0) is 12.5 Å². The first kappa shape index (κ1) is 13.5. The summed E-state index contributed by atoms with van der Waals surface area (Å²) in [5, 5.41) is 0. The van der Waals surface area contributed by atoms with Gasteiger partial charge in [-0.15, -0.1) is 0 Å². The third-order valence-corrected chi connectivity index (χ3v) is 2.76. The monoisotopic (exact) mass is 301 g/mol. The zero-order chi connectivity index (χ0) is 13.2. The maximum Gasteiger partial charge on any atom is 0.250 e. The van der Waals surface area contributed by atoms with E-state index in [0.717, 1.165) is 5.56 Å². The van der Waals surface area contributed by atoms with Crippen LogP contribution in [0.15, 0.2) is 30.3 Å². The summed E-state index contributed by atoms with van der Waals surface area (Å²) in [7, 11) is 0. The number of hydrogen-bond donors (Lipinski definition) is 0. The maximum absolute atomic E-state index is 5.78. The van der Waals surface area contributed by atoms with Crippen molar-refractivity contribution in [3.63, 3.8) is 0 Å². The molecule has 1 aromatic heterocycles. The number of hydrogen-bond acceptors (Lipinski definition) is 3. The highest BCUT2D eigenvalue weighted by Gasteiger charge is 2.27. The van der Waals surface area contributed by atoms with E-state index < -0.39 is 3.79 Å². The molecule has 94 valence electrons. The lowest BCUT2D eigenvalue weighted by Gasteiger charge is -2.11. The number of aromatic nitrogens is 3. The largest absolute Gasteiger partial charge is 0.250 e. The zero-order valence-electron chi connectivity index (χ0n) is 9.57. The first-order valence-corrected chi connectivity index (χ1v) is 6.41. The summed E-state index contributed by atoms with van der Waals surface area (Å²) in [6.45, 7) is 1.75. The second-order valence-corrected chi connectivity index (χ2v) is 6.06. The van der Waals surface area contributed by atoms with Crippen molar-refractivity contribution >= 4 is 34.8 Å². The predicted octanol–water partition coefficient (Wildman–Crippen LogP) is 3.60. The molecule has 0 unspecified atom stereocenters. The molecule has 2 rings (SSSR count). The summed E-state index contributed by atoms with van der Waals surface area (Å²) in [6.07, 6.45) is 0.581. The fourth-order valence-electron chi connectivity index (χ4n) is 1.52. The number of aryl methyl sites for hydroxylation is 1. The van der Waals surface area contributed by atoms with Crippen LogP contribution in [-0.2, 0) is 10.2 Å². The topological polar surface area (TPSA) is 38.7 Å². The van der Waals surface area contributed by atoms with Gasteiger partial charge >= 0.3 is 0 Å². The van der Waals surface area contributed by atoms with Crippen molar-refractivity contribution in [3.05, 3.63) is 53.4 Å². The van der Waals surface area contributed by atoms with Crippen molar-refractivity contribution < 1.29 is 0 Å². The van der Waals surface area contributed by atoms with Crippen LogP contribution in [0.25, 0.3) is 0 Å². The zero-order valence-corrected chi connectivity index (χ0v) is 11.8. The Morgan fingerprint density at radius 2 is 1.67 bits per heavy atom. The molecule has 0 N–H and O–H groups in total. The number of rotatable bonds is 2. The molecule has 0 bridgehead atoms. The molecular formula is C12H10Cl3N3. The van der Waals surface area contributed by atoms with Crippen LogP contribution in [0.4, 0.5) is 0 Å². The van der Waals surface area contributed by atoms with Gasteiger partial charge in [-0.3, -0.25) is 0 Å². The average molecular weight is 303 g/mol. The van der Waals surface area contributed by atoms with Gasteiger partial charge in [0.25, 0.3) is 0 Å². The number of nitrogens with zero attached hydrogens (tertiary/aromatic N) is 3. The van der Waals surface area contributed by atoms with Crippen LogP contribution >= 0.6 is 34.8 Å². The Balaban J connectivity index is 2.32. The van der Waals surface area contributed by atoms with Crippen LogP contribution in [0.1, 0.15) is 23.0 Å². The Kier molecular flexibility index (Phi) is 4.05. The lowest BCUT2D eigenvalue weighted by atomic mass is 10.1. The summed E-state index contributed by atoms with van der Waals surface area (Å²) in [5.74, 6) is 1.29. The van der Waals surface area contributed by atoms with Gasteiger partial charge in [0.05, 0.1) is 0 Å². The third kappa shape index (κ3) is 3.55. The molecule has 0 radical (unpaired) electrons. The summed E-state index contributed by atoms with van der Waals surface area (Å²) >= 11 is 17.4. The Bertz CT molecular complexity index is 538. The molecule has 6 heteroatoms. The van der Waals surface area contributed by atoms with Crippen LogP contribution in [0.2, 0.25) is 0 Å². The van der Waals surface area contributed by atoms with E-state index in [1.165, 1.54) is 0 Å². The first-order chi connectivity index (χ1) is 8.45. The smallest absolute Gasteiger partial charge is 0.218 e. The molecule has 1 heterocycles. The Morgan fingerprint density at radius 1 is 1.00 bits per heavy atom.